The number of fused-ring (bicyclic) bond motifs is 1. The maximum atomic E-state index is 12.0. The lowest BCUT2D eigenvalue weighted by atomic mass is 10.1. The van der Waals surface area contributed by atoms with E-state index in [1.165, 1.54) is 0 Å². The molecule has 3 rings (SSSR count). The van der Waals surface area contributed by atoms with E-state index in [2.05, 4.69) is 0 Å². The Kier molecular flexibility index (Phi) is 3.11. The molecule has 5 heteroatoms. The molecule has 0 aliphatic carbocycles. The zero-order chi connectivity index (χ0) is 13.5. The standard InChI is InChI=1S/C14H16O4S/c15-14(13-7-3-4-8-19(13,16)17)12-9-10-5-1-2-6-11(10)18-12/h1-2,5-6,9,13-15H,3-4,7-8H2. The van der Waals surface area contributed by atoms with E-state index in [-0.39, 0.29) is 5.75 Å². The predicted octanol–water partition coefficient (Wildman–Crippen LogP) is 2.43. The molecular weight excluding hydrogens is 264 g/mol. The molecule has 1 aromatic heterocycles. The molecule has 1 aliphatic rings. The summed E-state index contributed by atoms with van der Waals surface area (Å²) in [5.74, 6) is 0.506. The molecular formula is C14H16O4S. The van der Waals surface area contributed by atoms with Crippen molar-refractivity contribution in [1.29, 1.82) is 0 Å². The highest BCUT2D eigenvalue weighted by molar-refractivity contribution is 7.92. The molecule has 19 heavy (non-hydrogen) atoms. The molecule has 1 N–H and O–H groups in total. The SMILES string of the molecule is O=S1(=O)CCCCC1C(O)c1cc2ccccc2o1. The maximum Gasteiger partial charge on any atom is 0.156 e. The van der Waals surface area contributed by atoms with E-state index < -0.39 is 21.2 Å². The molecule has 0 amide bonds. The van der Waals surface area contributed by atoms with Crippen molar-refractivity contribution in [2.75, 3.05) is 5.75 Å². The minimum Gasteiger partial charge on any atom is -0.458 e. The second-order valence-electron chi connectivity index (χ2n) is 5.03. The van der Waals surface area contributed by atoms with Crippen LogP contribution in [-0.2, 0) is 9.84 Å². The van der Waals surface area contributed by atoms with Crippen LogP contribution in [0.2, 0.25) is 0 Å². The number of benzene rings is 1. The van der Waals surface area contributed by atoms with Crippen LogP contribution in [-0.4, -0.2) is 24.5 Å². The van der Waals surface area contributed by atoms with Crippen molar-refractivity contribution in [1.82, 2.24) is 0 Å². The lowest BCUT2D eigenvalue weighted by Crippen LogP contribution is -2.33. The van der Waals surface area contributed by atoms with Crippen molar-refractivity contribution in [3.8, 4) is 0 Å². The first-order chi connectivity index (χ1) is 9.08. The molecule has 2 unspecified atom stereocenters. The molecule has 2 heterocycles. The fourth-order valence-corrected chi connectivity index (χ4v) is 4.63. The molecule has 4 nitrogen and oxygen atoms in total. The number of aliphatic hydroxyl groups is 1. The summed E-state index contributed by atoms with van der Waals surface area (Å²) in [7, 11) is -3.22. The summed E-state index contributed by atoms with van der Waals surface area (Å²) >= 11 is 0. The summed E-state index contributed by atoms with van der Waals surface area (Å²) in [6.07, 6.45) is 0.950. The predicted molar refractivity (Wildman–Crippen MR) is 72.6 cm³/mol. The van der Waals surface area contributed by atoms with Crippen LogP contribution < -0.4 is 0 Å². The van der Waals surface area contributed by atoms with Gasteiger partial charge in [0.2, 0.25) is 0 Å². The van der Waals surface area contributed by atoms with Gasteiger partial charge >= 0.3 is 0 Å². The smallest absolute Gasteiger partial charge is 0.156 e. The van der Waals surface area contributed by atoms with Crippen LogP contribution in [0, 0.1) is 0 Å². The monoisotopic (exact) mass is 280 g/mol. The fourth-order valence-electron chi connectivity index (χ4n) is 2.67. The molecule has 2 aromatic rings. The van der Waals surface area contributed by atoms with E-state index in [1.54, 1.807) is 12.1 Å². The van der Waals surface area contributed by atoms with Gasteiger partial charge in [-0.15, -0.1) is 0 Å². The van der Waals surface area contributed by atoms with Gasteiger partial charge in [0.05, 0.1) is 11.0 Å². The summed E-state index contributed by atoms with van der Waals surface area (Å²) in [4.78, 5) is 0. The van der Waals surface area contributed by atoms with Gasteiger partial charge in [0.1, 0.15) is 17.4 Å². The number of furan rings is 1. The number of para-hydroxylation sites is 1. The molecule has 0 saturated carbocycles. The topological polar surface area (TPSA) is 67.5 Å². The van der Waals surface area contributed by atoms with Gasteiger partial charge in [0.15, 0.2) is 9.84 Å². The normalized spacial score (nSPS) is 24.4. The third-order valence-electron chi connectivity index (χ3n) is 3.72. The van der Waals surface area contributed by atoms with Crippen LogP contribution in [0.3, 0.4) is 0 Å². The summed E-state index contributed by atoms with van der Waals surface area (Å²) < 4.78 is 29.6. The Hall–Kier alpha value is -1.33. The van der Waals surface area contributed by atoms with E-state index in [0.717, 1.165) is 11.8 Å². The van der Waals surface area contributed by atoms with Crippen LogP contribution >= 0.6 is 0 Å². The average Bonchev–Trinajstić information content (AvgIpc) is 2.81. The van der Waals surface area contributed by atoms with E-state index in [1.807, 2.05) is 18.2 Å². The van der Waals surface area contributed by atoms with E-state index in [0.29, 0.717) is 24.2 Å². The minimum atomic E-state index is -3.22. The molecule has 1 aromatic carbocycles. The van der Waals surface area contributed by atoms with Crippen molar-refractivity contribution in [2.24, 2.45) is 0 Å². The quantitative estimate of drug-likeness (QED) is 0.917. The Labute approximate surface area is 112 Å². The molecule has 2 atom stereocenters. The Morgan fingerprint density at radius 1 is 1.26 bits per heavy atom. The van der Waals surface area contributed by atoms with Gasteiger partial charge in [0.25, 0.3) is 0 Å². The Bertz CT molecular complexity index is 653. The third kappa shape index (κ3) is 2.28. The second-order valence-corrected chi connectivity index (χ2v) is 7.37. The highest BCUT2D eigenvalue weighted by Gasteiger charge is 2.36. The van der Waals surface area contributed by atoms with Crippen LogP contribution in [0.4, 0.5) is 0 Å². The zero-order valence-electron chi connectivity index (χ0n) is 10.5. The van der Waals surface area contributed by atoms with Gasteiger partial charge in [-0.25, -0.2) is 8.42 Å². The van der Waals surface area contributed by atoms with Crippen molar-refractivity contribution in [2.45, 2.75) is 30.6 Å². The largest absolute Gasteiger partial charge is 0.458 e. The number of aliphatic hydroxyl groups excluding tert-OH is 1. The number of hydrogen-bond acceptors (Lipinski definition) is 4. The second kappa shape index (κ2) is 4.65. The Morgan fingerprint density at radius 2 is 2.05 bits per heavy atom. The van der Waals surface area contributed by atoms with Crippen molar-refractivity contribution >= 4 is 20.8 Å². The molecule has 0 radical (unpaired) electrons. The van der Waals surface area contributed by atoms with Gasteiger partial charge < -0.3 is 9.52 Å². The highest BCUT2D eigenvalue weighted by atomic mass is 32.2. The molecule has 1 aliphatic heterocycles. The van der Waals surface area contributed by atoms with Crippen LogP contribution in [0.25, 0.3) is 11.0 Å². The molecule has 0 bridgehead atoms. The van der Waals surface area contributed by atoms with E-state index in [4.69, 9.17) is 4.42 Å². The lowest BCUT2D eigenvalue weighted by Gasteiger charge is -2.25. The molecule has 1 fully saturated rings. The first kappa shape index (κ1) is 12.7. The summed E-state index contributed by atoms with van der Waals surface area (Å²) in [6, 6.07) is 9.14. The van der Waals surface area contributed by atoms with Crippen molar-refractivity contribution in [3.63, 3.8) is 0 Å². The maximum absolute atomic E-state index is 12.0. The van der Waals surface area contributed by atoms with Crippen LogP contribution in [0.15, 0.2) is 34.7 Å². The Balaban J connectivity index is 1.96. The average molecular weight is 280 g/mol. The fraction of sp³-hybridized carbons (Fsp3) is 0.429. The van der Waals surface area contributed by atoms with Gasteiger partial charge in [0, 0.05) is 5.39 Å². The van der Waals surface area contributed by atoms with Crippen LogP contribution in [0.1, 0.15) is 31.1 Å². The number of sulfone groups is 1. The van der Waals surface area contributed by atoms with Gasteiger partial charge in [-0.05, 0) is 25.0 Å². The van der Waals surface area contributed by atoms with Gasteiger partial charge in [-0.3, -0.25) is 0 Å². The Morgan fingerprint density at radius 3 is 2.79 bits per heavy atom. The van der Waals surface area contributed by atoms with Crippen molar-refractivity contribution in [3.05, 3.63) is 36.1 Å². The minimum absolute atomic E-state index is 0.162. The van der Waals surface area contributed by atoms with Crippen molar-refractivity contribution < 1.29 is 17.9 Å². The summed E-state index contributed by atoms with van der Waals surface area (Å²) in [5.41, 5.74) is 0.671. The summed E-state index contributed by atoms with van der Waals surface area (Å²) in [5, 5.41) is 10.5. The number of rotatable bonds is 2. The molecule has 102 valence electrons. The van der Waals surface area contributed by atoms with Crippen LogP contribution in [0.5, 0.6) is 0 Å². The molecule has 0 spiro atoms. The van der Waals surface area contributed by atoms with Gasteiger partial charge in [-0.2, -0.15) is 0 Å². The van der Waals surface area contributed by atoms with E-state index >= 15 is 0 Å². The van der Waals surface area contributed by atoms with E-state index in [9.17, 15) is 13.5 Å². The molecule has 1 saturated heterocycles. The zero-order valence-corrected chi connectivity index (χ0v) is 11.3. The first-order valence-electron chi connectivity index (χ1n) is 6.46. The lowest BCUT2D eigenvalue weighted by molar-refractivity contribution is 0.140. The number of hydrogen-bond donors (Lipinski definition) is 1. The first-order valence-corrected chi connectivity index (χ1v) is 8.17. The van der Waals surface area contributed by atoms with Gasteiger partial charge in [-0.1, -0.05) is 24.6 Å². The highest BCUT2D eigenvalue weighted by Crippen LogP contribution is 2.33. The third-order valence-corrected chi connectivity index (χ3v) is 5.99. The summed E-state index contributed by atoms with van der Waals surface area (Å²) in [6.45, 7) is 0.